The number of hydrogen-bond acceptors (Lipinski definition) is 3. The van der Waals surface area contributed by atoms with Crippen LogP contribution in [0, 0.1) is 0 Å². The normalized spacial score (nSPS) is 12.9. The average Bonchev–Trinajstić information content (AvgIpc) is 1.99. The van der Waals surface area contributed by atoms with Crippen LogP contribution in [-0.2, 0) is 0 Å². The molecule has 3 nitrogen and oxygen atoms in total. The van der Waals surface area contributed by atoms with E-state index in [2.05, 4.69) is 15.9 Å². The molecule has 0 amide bonds. The minimum absolute atomic E-state index is 0.153. The van der Waals surface area contributed by atoms with Gasteiger partial charge in [-0.2, -0.15) is 0 Å². The molecular weight excluding hydrogens is 222 g/mol. The molecule has 0 aliphatic heterocycles. The van der Waals surface area contributed by atoms with Gasteiger partial charge in [0.05, 0.1) is 4.47 Å². The summed E-state index contributed by atoms with van der Waals surface area (Å²) in [6, 6.07) is 2.97. The van der Waals surface area contributed by atoms with E-state index in [1.54, 1.807) is 13.0 Å². The molecule has 1 rings (SSSR count). The highest BCUT2D eigenvalue weighted by Gasteiger charge is 2.08. The van der Waals surface area contributed by atoms with Crippen molar-refractivity contribution in [3.05, 3.63) is 22.2 Å². The molecule has 0 spiro atoms. The zero-order valence-electron chi connectivity index (χ0n) is 6.58. The standard InChI is InChI=1S/C8H10BrNO2/c1-4(10)5-2-6(9)8(12)7(11)3-5/h2-4,11-12H,10H2,1H3. The molecule has 0 aliphatic rings. The van der Waals surface area contributed by atoms with Crippen LogP contribution < -0.4 is 5.73 Å². The minimum Gasteiger partial charge on any atom is -0.504 e. The molecule has 0 bridgehead atoms. The second-order valence-electron chi connectivity index (χ2n) is 2.66. The van der Waals surface area contributed by atoms with Gasteiger partial charge >= 0.3 is 0 Å². The van der Waals surface area contributed by atoms with Gasteiger partial charge < -0.3 is 15.9 Å². The molecule has 0 aliphatic carbocycles. The number of rotatable bonds is 1. The van der Waals surface area contributed by atoms with E-state index in [0.717, 1.165) is 5.56 Å². The van der Waals surface area contributed by atoms with Gasteiger partial charge in [-0.15, -0.1) is 0 Å². The summed E-state index contributed by atoms with van der Waals surface area (Å²) in [5, 5.41) is 18.4. The summed E-state index contributed by atoms with van der Waals surface area (Å²) in [7, 11) is 0. The van der Waals surface area contributed by atoms with Crippen molar-refractivity contribution in [1.29, 1.82) is 0 Å². The summed E-state index contributed by atoms with van der Waals surface area (Å²) in [4.78, 5) is 0. The Labute approximate surface area is 79.0 Å². The van der Waals surface area contributed by atoms with Crippen LogP contribution >= 0.6 is 15.9 Å². The van der Waals surface area contributed by atoms with Crippen molar-refractivity contribution in [2.45, 2.75) is 13.0 Å². The maximum Gasteiger partial charge on any atom is 0.171 e. The first-order chi connectivity index (χ1) is 5.52. The van der Waals surface area contributed by atoms with E-state index in [4.69, 9.17) is 5.73 Å². The van der Waals surface area contributed by atoms with Gasteiger partial charge in [0.2, 0.25) is 0 Å². The Balaban J connectivity index is 3.21. The first kappa shape index (κ1) is 9.35. The summed E-state index contributed by atoms with van der Waals surface area (Å²) < 4.78 is 0.454. The van der Waals surface area contributed by atoms with Crippen molar-refractivity contribution in [3.8, 4) is 11.5 Å². The molecule has 1 aromatic carbocycles. The van der Waals surface area contributed by atoms with Gasteiger partial charge in [0.15, 0.2) is 11.5 Å². The van der Waals surface area contributed by atoms with Crippen LogP contribution in [0.5, 0.6) is 11.5 Å². The summed E-state index contributed by atoms with van der Waals surface area (Å²) in [5.41, 5.74) is 6.36. The highest BCUT2D eigenvalue weighted by molar-refractivity contribution is 9.10. The third-order valence-electron chi connectivity index (χ3n) is 1.59. The molecule has 12 heavy (non-hydrogen) atoms. The lowest BCUT2D eigenvalue weighted by atomic mass is 10.1. The highest BCUT2D eigenvalue weighted by atomic mass is 79.9. The zero-order chi connectivity index (χ0) is 9.30. The van der Waals surface area contributed by atoms with Gasteiger partial charge in [0.1, 0.15) is 0 Å². The van der Waals surface area contributed by atoms with E-state index in [1.807, 2.05) is 0 Å². The number of phenols is 2. The van der Waals surface area contributed by atoms with Crippen LogP contribution in [0.2, 0.25) is 0 Å². The van der Waals surface area contributed by atoms with Gasteiger partial charge in [-0.05, 0) is 40.5 Å². The molecule has 4 N–H and O–H groups in total. The van der Waals surface area contributed by atoms with Crippen molar-refractivity contribution in [3.63, 3.8) is 0 Å². The van der Waals surface area contributed by atoms with Crippen molar-refractivity contribution >= 4 is 15.9 Å². The van der Waals surface area contributed by atoms with Gasteiger partial charge in [-0.25, -0.2) is 0 Å². The molecule has 1 atom stereocenters. The molecule has 1 unspecified atom stereocenters. The molecule has 0 fully saturated rings. The maximum absolute atomic E-state index is 9.19. The van der Waals surface area contributed by atoms with E-state index in [9.17, 15) is 10.2 Å². The smallest absolute Gasteiger partial charge is 0.171 e. The average molecular weight is 232 g/mol. The summed E-state index contributed by atoms with van der Waals surface area (Å²) in [6.07, 6.45) is 0. The molecule has 4 heteroatoms. The lowest BCUT2D eigenvalue weighted by Crippen LogP contribution is -2.04. The number of nitrogens with two attached hydrogens (primary N) is 1. The van der Waals surface area contributed by atoms with Crippen molar-refractivity contribution in [2.75, 3.05) is 0 Å². The number of halogens is 1. The van der Waals surface area contributed by atoms with Crippen LogP contribution in [-0.4, -0.2) is 10.2 Å². The quantitative estimate of drug-likeness (QED) is 0.647. The number of hydrogen-bond donors (Lipinski definition) is 3. The lowest BCUT2D eigenvalue weighted by molar-refractivity contribution is 0.400. The van der Waals surface area contributed by atoms with Crippen LogP contribution in [0.3, 0.4) is 0 Å². The van der Waals surface area contributed by atoms with E-state index in [1.165, 1.54) is 6.07 Å². The fraction of sp³-hybridized carbons (Fsp3) is 0.250. The predicted molar refractivity (Wildman–Crippen MR) is 50.1 cm³/mol. The summed E-state index contributed by atoms with van der Waals surface area (Å²) >= 11 is 3.10. The first-order valence-corrected chi connectivity index (χ1v) is 4.28. The van der Waals surface area contributed by atoms with Crippen LogP contribution in [0.25, 0.3) is 0 Å². The molecule has 0 radical (unpaired) electrons. The Morgan fingerprint density at radius 1 is 1.42 bits per heavy atom. The number of benzene rings is 1. The van der Waals surface area contributed by atoms with E-state index < -0.39 is 0 Å². The van der Waals surface area contributed by atoms with E-state index in [0.29, 0.717) is 4.47 Å². The Bertz CT molecular complexity index is 276. The molecule has 0 saturated carbocycles. The van der Waals surface area contributed by atoms with Gasteiger partial charge in [0.25, 0.3) is 0 Å². The monoisotopic (exact) mass is 231 g/mol. The Morgan fingerprint density at radius 2 is 2.00 bits per heavy atom. The van der Waals surface area contributed by atoms with Crippen LogP contribution in [0.1, 0.15) is 18.5 Å². The SMILES string of the molecule is CC(N)c1cc(O)c(O)c(Br)c1. The van der Waals surface area contributed by atoms with Crippen molar-refractivity contribution in [2.24, 2.45) is 5.73 Å². The van der Waals surface area contributed by atoms with E-state index >= 15 is 0 Å². The van der Waals surface area contributed by atoms with Gasteiger partial charge in [-0.3, -0.25) is 0 Å². The number of aromatic hydroxyl groups is 2. The minimum atomic E-state index is -0.159. The molecule has 1 aromatic rings. The maximum atomic E-state index is 9.19. The van der Waals surface area contributed by atoms with Gasteiger partial charge in [0, 0.05) is 6.04 Å². The van der Waals surface area contributed by atoms with Gasteiger partial charge in [-0.1, -0.05) is 0 Å². The molecule has 0 aromatic heterocycles. The lowest BCUT2D eigenvalue weighted by Gasteiger charge is -2.08. The van der Waals surface area contributed by atoms with Crippen LogP contribution in [0.4, 0.5) is 0 Å². The highest BCUT2D eigenvalue weighted by Crippen LogP contribution is 2.35. The van der Waals surface area contributed by atoms with Crippen molar-refractivity contribution in [1.82, 2.24) is 0 Å². The summed E-state index contributed by atoms with van der Waals surface area (Å²) in [6.45, 7) is 1.80. The third kappa shape index (κ3) is 1.70. The summed E-state index contributed by atoms with van der Waals surface area (Å²) in [5.74, 6) is -0.309. The largest absolute Gasteiger partial charge is 0.504 e. The zero-order valence-corrected chi connectivity index (χ0v) is 8.17. The fourth-order valence-corrected chi connectivity index (χ4v) is 1.34. The molecule has 0 heterocycles. The van der Waals surface area contributed by atoms with E-state index in [-0.39, 0.29) is 17.5 Å². The second-order valence-corrected chi connectivity index (χ2v) is 3.51. The fourth-order valence-electron chi connectivity index (χ4n) is 0.868. The third-order valence-corrected chi connectivity index (χ3v) is 2.20. The van der Waals surface area contributed by atoms with Crippen molar-refractivity contribution < 1.29 is 10.2 Å². The van der Waals surface area contributed by atoms with Crippen LogP contribution in [0.15, 0.2) is 16.6 Å². The predicted octanol–water partition coefficient (Wildman–Crippen LogP) is 1.88. The first-order valence-electron chi connectivity index (χ1n) is 3.49. The molecule has 0 saturated heterocycles. The second kappa shape index (κ2) is 3.33. The Kier molecular flexibility index (Phi) is 2.59. The topological polar surface area (TPSA) is 66.5 Å². The Hall–Kier alpha value is -0.740. The Morgan fingerprint density at radius 3 is 2.42 bits per heavy atom. The molecular formula is C8H10BrNO2. The number of phenolic OH excluding ortho intramolecular Hbond substituents is 2. The molecule has 66 valence electrons.